The Hall–Kier alpha value is -1.23. The van der Waals surface area contributed by atoms with Crippen LogP contribution in [-0.4, -0.2) is 30.6 Å². The van der Waals surface area contributed by atoms with E-state index in [1.54, 1.807) is 6.07 Å². The minimum atomic E-state index is -4.33. The van der Waals surface area contributed by atoms with E-state index in [9.17, 15) is 13.2 Å². The van der Waals surface area contributed by atoms with Crippen LogP contribution >= 0.6 is 0 Å². The van der Waals surface area contributed by atoms with Crippen molar-refractivity contribution in [1.29, 1.82) is 0 Å². The highest BCUT2D eigenvalue weighted by atomic mass is 19.4. The summed E-state index contributed by atoms with van der Waals surface area (Å²) in [6.07, 6.45) is -2.31. The van der Waals surface area contributed by atoms with Gasteiger partial charge in [-0.05, 0) is 51.6 Å². The minimum Gasteiger partial charge on any atom is -0.489 e. The standard InChI is InChI=1S/C14H18F3NO/c1-10(13-7-4-8-18(13)2)19-12-6-3-5-11(9-12)14(15,16)17/h3,5-6,9-10,13H,4,7-8H2,1-2H3. The maximum absolute atomic E-state index is 12.6. The van der Waals surface area contributed by atoms with Gasteiger partial charge < -0.3 is 4.74 Å². The molecule has 2 unspecified atom stereocenters. The minimum absolute atomic E-state index is 0.115. The van der Waals surface area contributed by atoms with Crippen molar-refractivity contribution in [2.45, 2.75) is 38.1 Å². The number of hydrogen-bond donors (Lipinski definition) is 0. The molecule has 5 heteroatoms. The quantitative estimate of drug-likeness (QED) is 0.834. The van der Waals surface area contributed by atoms with Gasteiger partial charge in [0.15, 0.2) is 0 Å². The zero-order valence-electron chi connectivity index (χ0n) is 11.1. The molecule has 1 saturated heterocycles. The Kier molecular flexibility index (Phi) is 4.04. The maximum Gasteiger partial charge on any atom is 0.416 e. The third-order valence-corrected chi connectivity index (χ3v) is 3.60. The Bertz CT molecular complexity index is 433. The summed E-state index contributed by atoms with van der Waals surface area (Å²) in [5.74, 6) is 0.280. The van der Waals surface area contributed by atoms with Gasteiger partial charge in [0.25, 0.3) is 0 Å². The molecule has 106 valence electrons. The van der Waals surface area contributed by atoms with Crippen LogP contribution in [0, 0.1) is 0 Å². The van der Waals surface area contributed by atoms with Crippen molar-refractivity contribution in [3.63, 3.8) is 0 Å². The third kappa shape index (κ3) is 3.41. The Labute approximate surface area is 111 Å². The van der Waals surface area contributed by atoms with Gasteiger partial charge in [-0.3, -0.25) is 4.90 Å². The van der Waals surface area contributed by atoms with Crippen LogP contribution < -0.4 is 4.74 Å². The molecule has 2 nitrogen and oxygen atoms in total. The average molecular weight is 273 g/mol. The number of likely N-dealkylation sites (N-methyl/N-ethyl adjacent to an activating group) is 1. The number of rotatable bonds is 3. The van der Waals surface area contributed by atoms with Gasteiger partial charge in [-0.2, -0.15) is 13.2 Å². The monoisotopic (exact) mass is 273 g/mol. The van der Waals surface area contributed by atoms with Crippen LogP contribution in [-0.2, 0) is 6.18 Å². The fraction of sp³-hybridized carbons (Fsp3) is 0.571. The van der Waals surface area contributed by atoms with Gasteiger partial charge in [-0.15, -0.1) is 0 Å². The highest BCUT2D eigenvalue weighted by Gasteiger charge is 2.31. The van der Waals surface area contributed by atoms with Gasteiger partial charge in [-0.25, -0.2) is 0 Å². The largest absolute Gasteiger partial charge is 0.489 e. The van der Waals surface area contributed by atoms with Crippen molar-refractivity contribution < 1.29 is 17.9 Å². The van der Waals surface area contributed by atoms with E-state index in [1.165, 1.54) is 6.07 Å². The van der Waals surface area contributed by atoms with E-state index < -0.39 is 11.7 Å². The van der Waals surface area contributed by atoms with Gasteiger partial charge >= 0.3 is 6.18 Å². The molecule has 1 aliphatic rings. The summed E-state index contributed by atoms with van der Waals surface area (Å²) in [5, 5.41) is 0. The van der Waals surface area contributed by atoms with E-state index in [2.05, 4.69) is 4.90 Å². The molecule has 1 aliphatic heterocycles. The molecule has 0 bridgehead atoms. The Balaban J connectivity index is 2.06. The number of alkyl halides is 3. The Morgan fingerprint density at radius 1 is 1.37 bits per heavy atom. The van der Waals surface area contributed by atoms with Crippen LogP contribution in [0.25, 0.3) is 0 Å². The van der Waals surface area contributed by atoms with Gasteiger partial charge in [0.2, 0.25) is 0 Å². The van der Waals surface area contributed by atoms with Crippen molar-refractivity contribution >= 4 is 0 Å². The van der Waals surface area contributed by atoms with E-state index in [-0.39, 0.29) is 17.9 Å². The van der Waals surface area contributed by atoms with E-state index in [4.69, 9.17) is 4.74 Å². The van der Waals surface area contributed by atoms with Crippen LogP contribution in [0.15, 0.2) is 24.3 Å². The first-order valence-electron chi connectivity index (χ1n) is 6.42. The topological polar surface area (TPSA) is 12.5 Å². The van der Waals surface area contributed by atoms with Crippen LogP contribution in [0.4, 0.5) is 13.2 Å². The number of likely N-dealkylation sites (tertiary alicyclic amines) is 1. The van der Waals surface area contributed by atoms with Crippen LogP contribution in [0.1, 0.15) is 25.3 Å². The second-order valence-electron chi connectivity index (χ2n) is 5.04. The average Bonchev–Trinajstić information content (AvgIpc) is 2.75. The normalized spacial score (nSPS) is 22.5. The summed E-state index contributed by atoms with van der Waals surface area (Å²) >= 11 is 0. The first-order chi connectivity index (χ1) is 8.88. The fourth-order valence-corrected chi connectivity index (χ4v) is 2.57. The lowest BCUT2D eigenvalue weighted by atomic mass is 10.1. The predicted molar refractivity (Wildman–Crippen MR) is 67.2 cm³/mol. The lowest BCUT2D eigenvalue weighted by Gasteiger charge is -2.27. The molecule has 0 radical (unpaired) electrons. The van der Waals surface area contributed by atoms with Crippen molar-refractivity contribution in [2.24, 2.45) is 0 Å². The molecule has 1 fully saturated rings. The molecule has 1 aromatic rings. The van der Waals surface area contributed by atoms with Crippen LogP contribution in [0.3, 0.4) is 0 Å². The second kappa shape index (κ2) is 5.41. The molecule has 2 rings (SSSR count). The smallest absolute Gasteiger partial charge is 0.416 e. The van der Waals surface area contributed by atoms with E-state index in [0.717, 1.165) is 31.5 Å². The van der Waals surface area contributed by atoms with Gasteiger partial charge in [0.05, 0.1) is 5.56 Å². The van der Waals surface area contributed by atoms with Gasteiger partial charge in [0.1, 0.15) is 11.9 Å². The highest BCUT2D eigenvalue weighted by molar-refractivity contribution is 5.30. The molecule has 0 N–H and O–H groups in total. The second-order valence-corrected chi connectivity index (χ2v) is 5.04. The molecule has 1 aromatic carbocycles. The Morgan fingerprint density at radius 2 is 2.11 bits per heavy atom. The summed E-state index contributed by atoms with van der Waals surface area (Å²) in [7, 11) is 2.02. The molecule has 1 heterocycles. The van der Waals surface area contributed by atoms with Crippen LogP contribution in [0.2, 0.25) is 0 Å². The lowest BCUT2D eigenvalue weighted by Crippen LogP contribution is -2.38. The summed E-state index contributed by atoms with van der Waals surface area (Å²) < 4.78 is 43.5. The van der Waals surface area contributed by atoms with E-state index >= 15 is 0 Å². The third-order valence-electron chi connectivity index (χ3n) is 3.60. The van der Waals surface area contributed by atoms with Crippen molar-refractivity contribution in [1.82, 2.24) is 4.90 Å². The van der Waals surface area contributed by atoms with E-state index in [1.807, 2.05) is 14.0 Å². The molecule has 0 amide bonds. The molecular formula is C14H18F3NO. The summed E-state index contributed by atoms with van der Waals surface area (Å²) in [6.45, 7) is 2.92. The first-order valence-corrected chi connectivity index (χ1v) is 6.42. The van der Waals surface area contributed by atoms with Gasteiger partial charge in [0, 0.05) is 6.04 Å². The predicted octanol–water partition coefficient (Wildman–Crippen LogP) is 3.57. The zero-order valence-corrected chi connectivity index (χ0v) is 11.1. The fourth-order valence-electron chi connectivity index (χ4n) is 2.57. The van der Waals surface area contributed by atoms with Crippen molar-refractivity contribution in [3.05, 3.63) is 29.8 Å². The SMILES string of the molecule is CC(Oc1cccc(C(F)(F)F)c1)C1CCCN1C. The number of halogens is 3. The lowest BCUT2D eigenvalue weighted by molar-refractivity contribution is -0.137. The maximum atomic E-state index is 12.6. The molecule has 0 aromatic heterocycles. The zero-order chi connectivity index (χ0) is 14.0. The number of ether oxygens (including phenoxy) is 1. The molecule has 19 heavy (non-hydrogen) atoms. The molecule has 2 atom stereocenters. The number of benzene rings is 1. The van der Waals surface area contributed by atoms with Crippen LogP contribution in [0.5, 0.6) is 5.75 Å². The number of nitrogens with zero attached hydrogens (tertiary/aromatic N) is 1. The molecule has 0 aliphatic carbocycles. The summed E-state index contributed by atoms with van der Waals surface area (Å²) in [5.41, 5.74) is -0.669. The Morgan fingerprint density at radius 3 is 2.68 bits per heavy atom. The van der Waals surface area contributed by atoms with E-state index in [0.29, 0.717) is 0 Å². The first kappa shape index (κ1) is 14.2. The summed E-state index contributed by atoms with van der Waals surface area (Å²) in [6, 6.07) is 5.34. The molecule has 0 saturated carbocycles. The molecular weight excluding hydrogens is 255 g/mol. The van der Waals surface area contributed by atoms with Crippen molar-refractivity contribution in [2.75, 3.05) is 13.6 Å². The van der Waals surface area contributed by atoms with Gasteiger partial charge in [-0.1, -0.05) is 6.07 Å². The molecule has 0 spiro atoms. The number of hydrogen-bond acceptors (Lipinski definition) is 2. The van der Waals surface area contributed by atoms with Crippen molar-refractivity contribution in [3.8, 4) is 5.75 Å². The highest BCUT2D eigenvalue weighted by Crippen LogP contribution is 2.32. The summed E-state index contributed by atoms with van der Waals surface area (Å²) in [4.78, 5) is 2.19.